The number of carbonyl (C=O) groups is 2. The number of hydrogen-bond donors (Lipinski definition) is 2. The summed E-state index contributed by atoms with van der Waals surface area (Å²) in [6.45, 7) is 8.59. The van der Waals surface area contributed by atoms with Crippen molar-refractivity contribution in [3.63, 3.8) is 0 Å². The molecule has 1 heterocycles. The molecule has 1 aliphatic rings. The lowest BCUT2D eigenvalue weighted by atomic mass is 10.1. The molecule has 2 aromatic carbocycles. The summed E-state index contributed by atoms with van der Waals surface area (Å²) >= 11 is 0. The van der Waals surface area contributed by atoms with E-state index in [2.05, 4.69) is 42.7 Å². The van der Waals surface area contributed by atoms with Gasteiger partial charge in [0.05, 0.1) is 24.7 Å². The van der Waals surface area contributed by atoms with Crippen molar-refractivity contribution in [1.82, 2.24) is 20.7 Å². The van der Waals surface area contributed by atoms with E-state index in [-0.39, 0.29) is 24.9 Å². The fraction of sp³-hybridized carbons (Fsp3) is 0.423. The number of aryl methyl sites for hydroxylation is 1. The Balaban J connectivity index is 1.58. The summed E-state index contributed by atoms with van der Waals surface area (Å²) in [5.41, 5.74) is 4.60. The number of benzene rings is 2. The van der Waals surface area contributed by atoms with Gasteiger partial charge in [0.2, 0.25) is 5.91 Å². The van der Waals surface area contributed by atoms with Gasteiger partial charge in [0.25, 0.3) is 5.91 Å². The standard InChI is InChI=1S/C26H34N6O2/c1-19(2)29-11-12-32(24-13-21(14-27)10-9-20(24)3)26(34)16-28-15-25(33)30(4)31-17-22-7-5-6-8-23(22)18-31/h5-10,13,19,28-29H,11-12,15-18H2,1-4H3. The zero-order chi connectivity index (χ0) is 24.7. The Kier molecular flexibility index (Phi) is 8.77. The van der Waals surface area contributed by atoms with Gasteiger partial charge in [-0.15, -0.1) is 0 Å². The number of carbonyl (C=O) groups excluding carboxylic acids is 2. The first kappa shape index (κ1) is 25.4. The number of amides is 2. The maximum Gasteiger partial charge on any atom is 0.250 e. The number of hydrogen-bond acceptors (Lipinski definition) is 6. The Labute approximate surface area is 202 Å². The maximum atomic E-state index is 13.1. The van der Waals surface area contributed by atoms with Gasteiger partial charge < -0.3 is 10.2 Å². The van der Waals surface area contributed by atoms with Crippen molar-refractivity contribution < 1.29 is 9.59 Å². The molecule has 0 saturated carbocycles. The molecule has 0 bridgehead atoms. The summed E-state index contributed by atoms with van der Waals surface area (Å²) in [4.78, 5) is 27.6. The van der Waals surface area contributed by atoms with Crippen LogP contribution in [0.3, 0.4) is 0 Å². The third-order valence-electron chi connectivity index (χ3n) is 5.98. The molecule has 3 rings (SSSR count). The number of likely N-dealkylation sites (N-methyl/N-ethyl adjacent to an activating group) is 1. The predicted octanol–water partition coefficient (Wildman–Crippen LogP) is 2.18. The Bertz CT molecular complexity index is 1040. The van der Waals surface area contributed by atoms with E-state index in [1.807, 2.05) is 30.1 Å². The summed E-state index contributed by atoms with van der Waals surface area (Å²) in [7, 11) is 1.76. The molecule has 0 spiro atoms. The van der Waals surface area contributed by atoms with Crippen molar-refractivity contribution in [2.24, 2.45) is 0 Å². The smallest absolute Gasteiger partial charge is 0.250 e. The lowest BCUT2D eigenvalue weighted by Gasteiger charge is -2.28. The number of rotatable bonds is 10. The first-order valence-corrected chi connectivity index (χ1v) is 11.6. The lowest BCUT2D eigenvalue weighted by Crippen LogP contribution is -2.47. The Hall–Kier alpha value is -3.25. The molecule has 2 aromatic rings. The van der Waals surface area contributed by atoms with Crippen LogP contribution in [0.2, 0.25) is 0 Å². The van der Waals surface area contributed by atoms with Crippen molar-refractivity contribution in [3.8, 4) is 6.07 Å². The van der Waals surface area contributed by atoms with E-state index >= 15 is 0 Å². The highest BCUT2D eigenvalue weighted by atomic mass is 16.2. The van der Waals surface area contributed by atoms with Crippen LogP contribution in [0, 0.1) is 18.3 Å². The van der Waals surface area contributed by atoms with Crippen molar-refractivity contribution in [3.05, 3.63) is 64.7 Å². The van der Waals surface area contributed by atoms with Crippen LogP contribution < -0.4 is 15.5 Å². The van der Waals surface area contributed by atoms with E-state index in [0.717, 1.165) is 11.3 Å². The van der Waals surface area contributed by atoms with E-state index in [4.69, 9.17) is 0 Å². The summed E-state index contributed by atoms with van der Waals surface area (Å²) < 4.78 is 0. The third-order valence-corrected chi connectivity index (χ3v) is 5.98. The average molecular weight is 463 g/mol. The van der Waals surface area contributed by atoms with Gasteiger partial charge in [-0.3, -0.25) is 19.9 Å². The van der Waals surface area contributed by atoms with Gasteiger partial charge in [-0.25, -0.2) is 5.01 Å². The maximum absolute atomic E-state index is 13.1. The fourth-order valence-electron chi connectivity index (χ4n) is 3.99. The third kappa shape index (κ3) is 6.41. The molecular formula is C26H34N6O2. The van der Waals surface area contributed by atoms with Crippen molar-refractivity contribution in [2.75, 3.05) is 38.1 Å². The first-order valence-electron chi connectivity index (χ1n) is 11.6. The molecule has 180 valence electrons. The van der Waals surface area contributed by atoms with E-state index in [9.17, 15) is 14.9 Å². The van der Waals surface area contributed by atoms with Crippen LogP contribution in [0.15, 0.2) is 42.5 Å². The molecular weight excluding hydrogens is 428 g/mol. The average Bonchev–Trinajstić information content (AvgIpc) is 3.26. The second kappa shape index (κ2) is 11.7. The zero-order valence-electron chi connectivity index (χ0n) is 20.5. The minimum absolute atomic E-state index is 0.0255. The summed E-state index contributed by atoms with van der Waals surface area (Å²) in [6, 6.07) is 16.0. The van der Waals surface area contributed by atoms with Gasteiger partial charge in [0, 0.05) is 45.0 Å². The number of hydrazine groups is 1. The van der Waals surface area contributed by atoms with Crippen LogP contribution in [-0.2, 0) is 22.7 Å². The van der Waals surface area contributed by atoms with Crippen LogP contribution in [0.4, 0.5) is 5.69 Å². The summed E-state index contributed by atoms with van der Waals surface area (Å²) in [6.07, 6.45) is 0. The number of fused-ring (bicyclic) bond motifs is 1. The predicted molar refractivity (Wildman–Crippen MR) is 133 cm³/mol. The minimum Gasteiger partial charge on any atom is -0.313 e. The molecule has 0 unspecified atom stereocenters. The van der Waals surface area contributed by atoms with E-state index in [1.54, 1.807) is 29.1 Å². The molecule has 2 N–H and O–H groups in total. The second-order valence-corrected chi connectivity index (χ2v) is 8.88. The molecule has 34 heavy (non-hydrogen) atoms. The molecule has 8 heteroatoms. The van der Waals surface area contributed by atoms with Crippen LogP contribution >= 0.6 is 0 Å². The van der Waals surface area contributed by atoms with Crippen LogP contribution in [0.25, 0.3) is 0 Å². The van der Waals surface area contributed by atoms with Crippen LogP contribution in [0.5, 0.6) is 0 Å². The lowest BCUT2D eigenvalue weighted by molar-refractivity contribution is -0.145. The fourth-order valence-corrected chi connectivity index (χ4v) is 3.99. The first-order chi connectivity index (χ1) is 16.3. The van der Waals surface area contributed by atoms with Gasteiger partial charge in [0.15, 0.2) is 0 Å². The van der Waals surface area contributed by atoms with Crippen LogP contribution in [0.1, 0.15) is 36.1 Å². The molecule has 0 aromatic heterocycles. The quantitative estimate of drug-likeness (QED) is 0.562. The second-order valence-electron chi connectivity index (χ2n) is 8.88. The molecule has 1 aliphatic heterocycles. The van der Waals surface area contributed by atoms with Crippen LogP contribution in [-0.4, -0.2) is 61.1 Å². The molecule has 0 radical (unpaired) electrons. The van der Waals surface area contributed by atoms with Crippen molar-refractivity contribution >= 4 is 17.5 Å². The van der Waals surface area contributed by atoms with Gasteiger partial charge in [-0.2, -0.15) is 5.26 Å². The number of anilines is 1. The van der Waals surface area contributed by atoms with Gasteiger partial charge in [-0.05, 0) is 35.7 Å². The molecule has 0 fully saturated rings. The van der Waals surface area contributed by atoms with Crippen molar-refractivity contribution in [2.45, 2.75) is 39.9 Å². The Morgan fingerprint density at radius 3 is 2.35 bits per heavy atom. The number of nitrogens with zero attached hydrogens (tertiary/aromatic N) is 4. The largest absolute Gasteiger partial charge is 0.313 e. The zero-order valence-corrected chi connectivity index (χ0v) is 20.5. The Morgan fingerprint density at radius 1 is 1.09 bits per heavy atom. The van der Waals surface area contributed by atoms with Gasteiger partial charge in [-0.1, -0.05) is 44.2 Å². The molecule has 8 nitrogen and oxygen atoms in total. The highest BCUT2D eigenvalue weighted by molar-refractivity contribution is 5.96. The molecule has 2 amide bonds. The highest BCUT2D eigenvalue weighted by Gasteiger charge is 2.25. The SMILES string of the molecule is Cc1ccc(C#N)cc1N(CCNC(C)C)C(=O)CNCC(=O)N(C)N1Cc2ccccc2C1. The molecule has 0 aliphatic carbocycles. The topological polar surface area (TPSA) is 91.7 Å². The molecule has 0 atom stereocenters. The van der Waals surface area contributed by atoms with Crippen molar-refractivity contribution in [1.29, 1.82) is 5.26 Å². The Morgan fingerprint density at radius 2 is 1.74 bits per heavy atom. The van der Waals surface area contributed by atoms with E-state index in [1.165, 1.54) is 11.1 Å². The summed E-state index contributed by atoms with van der Waals surface area (Å²) in [5.74, 6) is -0.246. The molecule has 0 saturated heterocycles. The van der Waals surface area contributed by atoms with E-state index < -0.39 is 0 Å². The monoisotopic (exact) mass is 462 g/mol. The number of nitrogens with one attached hydrogen (secondary N) is 2. The minimum atomic E-state index is -0.146. The van der Waals surface area contributed by atoms with Gasteiger partial charge >= 0.3 is 0 Å². The normalized spacial score (nSPS) is 12.9. The van der Waals surface area contributed by atoms with E-state index in [0.29, 0.717) is 37.8 Å². The number of nitriles is 1. The van der Waals surface area contributed by atoms with Gasteiger partial charge in [0.1, 0.15) is 0 Å². The summed E-state index contributed by atoms with van der Waals surface area (Å²) in [5, 5.41) is 19.3. The highest BCUT2D eigenvalue weighted by Crippen LogP contribution is 2.23.